The van der Waals surface area contributed by atoms with E-state index in [-0.39, 0.29) is 13.0 Å². The van der Waals surface area contributed by atoms with Gasteiger partial charge < -0.3 is 10.5 Å². The van der Waals surface area contributed by atoms with E-state index in [0.717, 1.165) is 0 Å². The van der Waals surface area contributed by atoms with Crippen LogP contribution >= 0.6 is 11.3 Å². The SMILES string of the molecule is Cc1nc(-c2ccc(C[C@@H](C#N)N3CCCO[C@H](C(N)=O)C3)c(F)c2)sc1C#N. The fourth-order valence-corrected chi connectivity index (χ4v) is 4.10. The number of rotatable bonds is 5. The lowest BCUT2D eigenvalue weighted by atomic mass is 10.0. The molecule has 1 aliphatic heterocycles. The zero-order valence-corrected chi connectivity index (χ0v) is 16.7. The molecule has 1 saturated heterocycles. The summed E-state index contributed by atoms with van der Waals surface area (Å²) in [7, 11) is 0. The summed E-state index contributed by atoms with van der Waals surface area (Å²) in [5, 5.41) is 19.3. The molecule has 1 fully saturated rings. The highest BCUT2D eigenvalue weighted by atomic mass is 32.1. The van der Waals surface area contributed by atoms with Crippen molar-refractivity contribution in [1.29, 1.82) is 10.5 Å². The molecule has 7 nitrogen and oxygen atoms in total. The van der Waals surface area contributed by atoms with Crippen molar-refractivity contribution in [2.45, 2.75) is 31.9 Å². The second-order valence-electron chi connectivity index (χ2n) is 6.81. The number of nitrogens with two attached hydrogens (primary N) is 1. The predicted molar refractivity (Wildman–Crippen MR) is 105 cm³/mol. The summed E-state index contributed by atoms with van der Waals surface area (Å²) in [4.78, 5) is 18.1. The number of carbonyl (C=O) groups is 1. The van der Waals surface area contributed by atoms with Gasteiger partial charge in [-0.2, -0.15) is 10.5 Å². The lowest BCUT2D eigenvalue weighted by molar-refractivity contribution is -0.129. The monoisotopic (exact) mass is 413 g/mol. The van der Waals surface area contributed by atoms with Crippen molar-refractivity contribution in [3.05, 3.63) is 40.2 Å². The lowest BCUT2D eigenvalue weighted by Gasteiger charge is -2.27. The van der Waals surface area contributed by atoms with Gasteiger partial charge in [0.25, 0.3) is 0 Å². The van der Waals surface area contributed by atoms with E-state index in [9.17, 15) is 14.4 Å². The van der Waals surface area contributed by atoms with Crippen LogP contribution in [0.25, 0.3) is 10.6 Å². The third-order valence-corrected chi connectivity index (χ3v) is 5.94. The zero-order chi connectivity index (χ0) is 21.0. The molecule has 2 aromatic rings. The van der Waals surface area contributed by atoms with Gasteiger partial charge in [-0.15, -0.1) is 11.3 Å². The Balaban J connectivity index is 1.78. The Hall–Kier alpha value is -2.85. The van der Waals surface area contributed by atoms with E-state index < -0.39 is 23.9 Å². The van der Waals surface area contributed by atoms with Crippen LogP contribution in [0.4, 0.5) is 4.39 Å². The summed E-state index contributed by atoms with van der Waals surface area (Å²) in [6.07, 6.45) is 0.0608. The van der Waals surface area contributed by atoms with E-state index in [1.54, 1.807) is 19.1 Å². The Morgan fingerprint density at radius 3 is 2.93 bits per heavy atom. The Morgan fingerprint density at radius 2 is 2.31 bits per heavy atom. The molecule has 1 aromatic carbocycles. The summed E-state index contributed by atoms with van der Waals surface area (Å²) in [5.74, 6) is -1.01. The minimum absolute atomic E-state index is 0.175. The quantitative estimate of drug-likeness (QED) is 0.803. The number of primary amides is 1. The van der Waals surface area contributed by atoms with Crippen LogP contribution in [0.3, 0.4) is 0 Å². The van der Waals surface area contributed by atoms with Crippen molar-refractivity contribution in [3.8, 4) is 22.7 Å². The van der Waals surface area contributed by atoms with Crippen LogP contribution in [0.15, 0.2) is 18.2 Å². The molecule has 0 saturated carbocycles. The van der Waals surface area contributed by atoms with Gasteiger partial charge in [-0.1, -0.05) is 12.1 Å². The molecule has 1 aliphatic rings. The maximum atomic E-state index is 14.8. The Morgan fingerprint density at radius 1 is 1.52 bits per heavy atom. The molecule has 0 unspecified atom stereocenters. The molecular formula is C20H20FN5O2S. The number of carbonyl (C=O) groups excluding carboxylic acids is 1. The van der Waals surface area contributed by atoms with Crippen molar-refractivity contribution >= 4 is 17.2 Å². The molecule has 2 heterocycles. The summed E-state index contributed by atoms with van der Waals surface area (Å²) >= 11 is 1.22. The Labute approximate surface area is 172 Å². The van der Waals surface area contributed by atoms with Gasteiger partial charge in [0, 0.05) is 31.7 Å². The molecule has 2 N–H and O–H groups in total. The molecule has 0 aliphatic carbocycles. The first-order chi connectivity index (χ1) is 13.9. The third-order valence-electron chi connectivity index (χ3n) is 4.83. The van der Waals surface area contributed by atoms with E-state index in [1.807, 2.05) is 4.90 Å². The van der Waals surface area contributed by atoms with Crippen molar-refractivity contribution in [2.75, 3.05) is 19.7 Å². The number of nitrogens with zero attached hydrogens (tertiary/aromatic N) is 4. The molecule has 150 valence electrons. The number of ether oxygens (including phenoxy) is 1. The van der Waals surface area contributed by atoms with E-state index in [1.165, 1.54) is 17.4 Å². The summed E-state index contributed by atoms with van der Waals surface area (Å²) in [6.45, 7) is 2.91. The summed E-state index contributed by atoms with van der Waals surface area (Å²) in [6, 6.07) is 8.43. The van der Waals surface area contributed by atoms with Crippen molar-refractivity contribution in [2.24, 2.45) is 5.73 Å². The number of halogens is 1. The van der Waals surface area contributed by atoms with Gasteiger partial charge in [-0.25, -0.2) is 9.37 Å². The number of aromatic nitrogens is 1. The number of nitriles is 2. The average Bonchev–Trinajstić information content (AvgIpc) is 2.91. The second kappa shape index (κ2) is 9.10. The predicted octanol–water partition coefficient (Wildman–Crippen LogP) is 2.14. The van der Waals surface area contributed by atoms with Crippen molar-refractivity contribution < 1.29 is 13.9 Å². The van der Waals surface area contributed by atoms with Crippen LogP contribution in [0.2, 0.25) is 0 Å². The smallest absolute Gasteiger partial charge is 0.247 e. The highest BCUT2D eigenvalue weighted by molar-refractivity contribution is 7.15. The minimum atomic E-state index is -0.775. The molecule has 1 amide bonds. The number of benzene rings is 1. The molecule has 1 aromatic heterocycles. The first kappa shape index (κ1) is 20.9. The van der Waals surface area contributed by atoms with Crippen LogP contribution in [-0.4, -0.2) is 47.6 Å². The molecule has 0 spiro atoms. The van der Waals surface area contributed by atoms with Gasteiger partial charge in [0.2, 0.25) is 5.91 Å². The number of aryl methyl sites for hydroxylation is 1. The molecule has 29 heavy (non-hydrogen) atoms. The first-order valence-corrected chi connectivity index (χ1v) is 9.95. The molecule has 9 heteroatoms. The maximum absolute atomic E-state index is 14.8. The average molecular weight is 413 g/mol. The summed E-state index contributed by atoms with van der Waals surface area (Å²) in [5.41, 5.74) is 6.96. The fraction of sp³-hybridized carbons (Fsp3) is 0.400. The molecule has 0 radical (unpaired) electrons. The lowest BCUT2D eigenvalue weighted by Crippen LogP contribution is -2.45. The van der Waals surface area contributed by atoms with Crippen molar-refractivity contribution in [3.63, 3.8) is 0 Å². The number of hydrogen-bond acceptors (Lipinski definition) is 7. The topological polar surface area (TPSA) is 116 Å². The van der Waals surface area contributed by atoms with Crippen LogP contribution in [0.1, 0.15) is 22.6 Å². The third kappa shape index (κ3) is 4.77. The normalized spacial score (nSPS) is 18.4. The zero-order valence-electron chi connectivity index (χ0n) is 15.9. The van der Waals surface area contributed by atoms with Crippen LogP contribution < -0.4 is 5.73 Å². The molecular weight excluding hydrogens is 393 g/mol. The van der Waals surface area contributed by atoms with Gasteiger partial charge in [-0.3, -0.25) is 9.69 Å². The molecule has 0 bridgehead atoms. The highest BCUT2D eigenvalue weighted by Crippen LogP contribution is 2.29. The van der Waals surface area contributed by atoms with E-state index in [4.69, 9.17) is 15.7 Å². The van der Waals surface area contributed by atoms with Gasteiger partial charge in [0.05, 0.1) is 11.8 Å². The maximum Gasteiger partial charge on any atom is 0.247 e. The minimum Gasteiger partial charge on any atom is -0.367 e. The van der Waals surface area contributed by atoms with Gasteiger partial charge in [-0.05, 0) is 25.0 Å². The fourth-order valence-electron chi connectivity index (χ4n) is 3.24. The first-order valence-electron chi connectivity index (χ1n) is 9.13. The van der Waals surface area contributed by atoms with Crippen LogP contribution in [0.5, 0.6) is 0 Å². The Bertz CT molecular complexity index is 994. The molecule has 3 rings (SSSR count). The molecule has 2 atom stereocenters. The Kier molecular flexibility index (Phi) is 6.55. The van der Waals surface area contributed by atoms with Gasteiger partial charge in [0.15, 0.2) is 0 Å². The van der Waals surface area contributed by atoms with Crippen LogP contribution in [-0.2, 0) is 16.0 Å². The van der Waals surface area contributed by atoms with E-state index >= 15 is 0 Å². The number of hydrogen-bond donors (Lipinski definition) is 1. The van der Waals surface area contributed by atoms with Gasteiger partial charge in [0.1, 0.15) is 33.9 Å². The standard InChI is InChI=1S/C20H20FN5O2S/c1-12-18(10-23)29-20(25-12)14-4-3-13(16(21)8-14)7-15(9-22)26-5-2-6-28-17(11-26)19(24)27/h3-4,8,15,17H,2,5-7,11H2,1H3,(H2,24,27)/t15-,17-/m0/s1. The largest absolute Gasteiger partial charge is 0.367 e. The summed E-state index contributed by atoms with van der Waals surface area (Å²) < 4.78 is 20.2. The van der Waals surface area contributed by atoms with Crippen LogP contribution in [0, 0.1) is 35.4 Å². The van der Waals surface area contributed by atoms with Gasteiger partial charge >= 0.3 is 0 Å². The second-order valence-corrected chi connectivity index (χ2v) is 7.81. The van der Waals surface area contributed by atoms with Crippen molar-refractivity contribution in [1.82, 2.24) is 9.88 Å². The highest BCUT2D eigenvalue weighted by Gasteiger charge is 2.28. The number of thiazole rings is 1. The van der Waals surface area contributed by atoms with E-state index in [2.05, 4.69) is 17.1 Å². The number of amides is 1. The van der Waals surface area contributed by atoms with E-state index in [0.29, 0.717) is 46.3 Å².